The van der Waals surface area contributed by atoms with Gasteiger partial charge in [-0.25, -0.2) is 13.6 Å². The van der Waals surface area contributed by atoms with E-state index in [0.29, 0.717) is 11.3 Å². The Kier molecular flexibility index (Phi) is 1.24. The Morgan fingerprint density at radius 2 is 2.00 bits per heavy atom. The van der Waals surface area contributed by atoms with E-state index in [0.717, 1.165) is 6.42 Å². The molecule has 72 valence electrons. The summed E-state index contributed by atoms with van der Waals surface area (Å²) in [5, 5.41) is 4.93. The smallest absolute Gasteiger partial charge is 0.212 e. The molecule has 0 aromatic rings. The van der Waals surface area contributed by atoms with E-state index in [1.807, 2.05) is 0 Å². The van der Waals surface area contributed by atoms with E-state index in [4.69, 9.17) is 5.14 Å². The molecule has 0 aromatic heterocycles. The molecule has 0 heterocycles. The van der Waals surface area contributed by atoms with Crippen LogP contribution in [0.5, 0.6) is 0 Å². The Bertz CT molecular complexity index is 380. The van der Waals surface area contributed by atoms with E-state index in [1.165, 1.54) is 12.8 Å². The maximum atomic E-state index is 11.3. The monoisotopic (exact) mass is 199 g/mol. The van der Waals surface area contributed by atoms with Crippen molar-refractivity contribution in [2.24, 2.45) is 22.4 Å². The van der Waals surface area contributed by atoms with E-state index in [-0.39, 0.29) is 11.2 Å². The third-order valence-corrected chi connectivity index (χ3v) is 5.42. The molecule has 0 amide bonds. The predicted molar refractivity (Wildman–Crippen MR) is 49.3 cm³/mol. The van der Waals surface area contributed by atoms with Crippen LogP contribution >= 0.6 is 0 Å². The minimum Gasteiger partial charge on any atom is -0.228 e. The minimum atomic E-state index is -3.32. The van der Waals surface area contributed by atoms with Crippen LogP contribution in [0.1, 0.15) is 19.3 Å². The maximum Gasteiger partial charge on any atom is 0.212 e. The topological polar surface area (TPSA) is 60.2 Å². The van der Waals surface area contributed by atoms with Crippen LogP contribution in [-0.4, -0.2) is 13.7 Å². The summed E-state index contributed by atoms with van der Waals surface area (Å²) in [6, 6.07) is 0. The molecular formula is C9H13NO2S. The van der Waals surface area contributed by atoms with Crippen molar-refractivity contribution in [1.82, 2.24) is 0 Å². The van der Waals surface area contributed by atoms with Crippen molar-refractivity contribution in [3.8, 4) is 0 Å². The molecule has 2 saturated carbocycles. The van der Waals surface area contributed by atoms with Gasteiger partial charge >= 0.3 is 0 Å². The first kappa shape index (κ1) is 8.00. The maximum absolute atomic E-state index is 11.3. The van der Waals surface area contributed by atoms with E-state index >= 15 is 0 Å². The second-order valence-electron chi connectivity index (χ2n) is 4.61. The van der Waals surface area contributed by atoms with Gasteiger partial charge in [0.2, 0.25) is 10.0 Å². The third-order valence-electron chi connectivity index (χ3n) is 4.09. The molecular weight excluding hydrogens is 186 g/mol. The van der Waals surface area contributed by atoms with E-state index < -0.39 is 10.0 Å². The van der Waals surface area contributed by atoms with Gasteiger partial charge in [0.15, 0.2) is 0 Å². The van der Waals surface area contributed by atoms with E-state index in [1.54, 1.807) is 0 Å². The van der Waals surface area contributed by atoms with Gasteiger partial charge in [-0.1, -0.05) is 12.2 Å². The summed E-state index contributed by atoms with van der Waals surface area (Å²) in [5.41, 5.74) is 0.330. The first-order valence-electron chi connectivity index (χ1n) is 4.74. The van der Waals surface area contributed by atoms with Gasteiger partial charge in [-0.2, -0.15) is 0 Å². The highest BCUT2D eigenvalue weighted by Crippen LogP contribution is 2.69. The molecule has 0 radical (unpaired) electrons. The van der Waals surface area contributed by atoms with Crippen LogP contribution in [0.4, 0.5) is 0 Å². The van der Waals surface area contributed by atoms with Crippen LogP contribution < -0.4 is 5.14 Å². The first-order valence-corrected chi connectivity index (χ1v) is 6.35. The van der Waals surface area contributed by atoms with Crippen molar-refractivity contribution in [3.05, 3.63) is 12.2 Å². The molecule has 2 bridgehead atoms. The number of hydrogen-bond acceptors (Lipinski definition) is 2. The molecule has 0 aliphatic heterocycles. The summed E-state index contributed by atoms with van der Waals surface area (Å²) in [6.07, 6.45) is 7.43. The number of allylic oxidation sites excluding steroid dienone is 2. The van der Waals surface area contributed by atoms with Crippen LogP contribution in [0, 0.1) is 17.3 Å². The van der Waals surface area contributed by atoms with Gasteiger partial charge in [0.25, 0.3) is 0 Å². The molecule has 0 aromatic carbocycles. The Morgan fingerprint density at radius 3 is 2.38 bits per heavy atom. The zero-order valence-electron chi connectivity index (χ0n) is 7.31. The Balaban J connectivity index is 2.02. The van der Waals surface area contributed by atoms with Gasteiger partial charge in [-0.15, -0.1) is 0 Å². The number of rotatable bonds is 1. The Hall–Kier alpha value is -0.350. The highest BCUT2D eigenvalue weighted by atomic mass is 32.2. The summed E-state index contributed by atoms with van der Waals surface area (Å²) in [5.74, 6) is 0.730. The molecule has 2 N–H and O–H groups in total. The van der Waals surface area contributed by atoms with Crippen LogP contribution in [0.2, 0.25) is 0 Å². The van der Waals surface area contributed by atoms with Gasteiger partial charge < -0.3 is 0 Å². The summed E-state index contributed by atoms with van der Waals surface area (Å²) >= 11 is 0. The zero-order valence-corrected chi connectivity index (χ0v) is 8.13. The van der Waals surface area contributed by atoms with Crippen LogP contribution in [0.25, 0.3) is 0 Å². The highest BCUT2D eigenvalue weighted by molar-refractivity contribution is 7.89. The average molecular weight is 199 g/mol. The quantitative estimate of drug-likeness (QED) is 0.630. The number of nitrogens with two attached hydrogens (primary N) is 1. The lowest BCUT2D eigenvalue weighted by atomic mass is 9.93. The van der Waals surface area contributed by atoms with E-state index in [2.05, 4.69) is 12.2 Å². The normalized spacial score (nSPS) is 44.5. The zero-order chi connectivity index (χ0) is 9.27. The van der Waals surface area contributed by atoms with Crippen molar-refractivity contribution < 1.29 is 8.42 Å². The molecule has 3 atom stereocenters. The van der Waals surface area contributed by atoms with Gasteiger partial charge in [0.05, 0.1) is 5.25 Å². The molecule has 3 rings (SSSR count). The van der Waals surface area contributed by atoms with Crippen molar-refractivity contribution >= 4 is 10.0 Å². The second kappa shape index (κ2) is 2.01. The largest absolute Gasteiger partial charge is 0.228 e. The summed E-state index contributed by atoms with van der Waals surface area (Å²) in [7, 11) is -3.32. The fraction of sp³-hybridized carbons (Fsp3) is 0.778. The third kappa shape index (κ3) is 0.854. The highest BCUT2D eigenvalue weighted by Gasteiger charge is 2.64. The lowest BCUT2D eigenvalue weighted by molar-refractivity contribution is 0.404. The molecule has 13 heavy (non-hydrogen) atoms. The summed E-state index contributed by atoms with van der Waals surface area (Å²) < 4.78 is 22.6. The van der Waals surface area contributed by atoms with E-state index in [9.17, 15) is 8.42 Å². The lowest BCUT2D eigenvalue weighted by Gasteiger charge is -2.17. The molecule has 3 nitrogen and oxygen atoms in total. The summed E-state index contributed by atoms with van der Waals surface area (Å²) in [4.78, 5) is 0. The van der Waals surface area contributed by atoms with Gasteiger partial charge in [0, 0.05) is 5.92 Å². The van der Waals surface area contributed by atoms with Crippen LogP contribution in [0.15, 0.2) is 12.2 Å². The standard InChI is InChI=1S/C9H13NO2S/c10-13(11,12)8-5-6-1-2-7(8)9(6)3-4-9/h1-2,6-8H,3-5H2,(H2,10,11,12). The van der Waals surface area contributed by atoms with Gasteiger partial charge in [0.1, 0.15) is 0 Å². The summed E-state index contributed by atoms with van der Waals surface area (Å²) in [6.45, 7) is 0. The molecule has 3 unspecified atom stereocenters. The first-order chi connectivity index (χ1) is 6.04. The van der Waals surface area contributed by atoms with Crippen molar-refractivity contribution in [2.75, 3.05) is 0 Å². The lowest BCUT2D eigenvalue weighted by Crippen LogP contribution is -2.32. The van der Waals surface area contributed by atoms with Gasteiger partial charge in [-0.3, -0.25) is 0 Å². The fourth-order valence-corrected chi connectivity index (χ4v) is 4.52. The van der Waals surface area contributed by atoms with Gasteiger partial charge in [-0.05, 0) is 30.6 Å². The second-order valence-corrected chi connectivity index (χ2v) is 6.40. The van der Waals surface area contributed by atoms with Crippen LogP contribution in [-0.2, 0) is 10.0 Å². The van der Waals surface area contributed by atoms with Crippen molar-refractivity contribution in [1.29, 1.82) is 0 Å². The SMILES string of the molecule is NS(=O)(=O)C1CC2C=CC1C21CC1. The van der Waals surface area contributed by atoms with Crippen molar-refractivity contribution in [2.45, 2.75) is 24.5 Å². The molecule has 4 heteroatoms. The fourth-order valence-electron chi connectivity index (χ4n) is 3.28. The number of primary sulfonamides is 1. The Labute approximate surface area is 78.1 Å². The molecule has 3 aliphatic rings. The number of hydrogen-bond donors (Lipinski definition) is 1. The number of sulfonamides is 1. The minimum absolute atomic E-state index is 0.229. The average Bonchev–Trinajstić information content (AvgIpc) is 2.67. The van der Waals surface area contributed by atoms with Crippen LogP contribution in [0.3, 0.4) is 0 Å². The molecule has 1 spiro atoms. The molecule has 0 saturated heterocycles. The Morgan fingerprint density at radius 1 is 1.31 bits per heavy atom. The predicted octanol–water partition coefficient (Wildman–Crippen LogP) is 0.630. The van der Waals surface area contributed by atoms with Crippen molar-refractivity contribution in [3.63, 3.8) is 0 Å². The molecule has 3 aliphatic carbocycles. The molecule has 2 fully saturated rings.